The van der Waals surface area contributed by atoms with Crippen molar-refractivity contribution in [2.45, 2.75) is 90.9 Å². The Morgan fingerprint density at radius 1 is 0.773 bits per heavy atom. The molecule has 0 bridgehead atoms. The second kappa shape index (κ2) is 18.0. The monoisotopic (exact) mass is 308 g/mol. The van der Waals surface area contributed by atoms with E-state index in [-0.39, 0.29) is 5.97 Å². The summed E-state index contributed by atoms with van der Waals surface area (Å²) in [5, 5.41) is 0. The van der Waals surface area contributed by atoms with Gasteiger partial charge in [0.15, 0.2) is 0 Å². The van der Waals surface area contributed by atoms with Crippen LogP contribution in [-0.4, -0.2) is 12.6 Å². The van der Waals surface area contributed by atoms with E-state index < -0.39 is 0 Å². The molecule has 22 heavy (non-hydrogen) atoms. The van der Waals surface area contributed by atoms with Crippen LogP contribution in [-0.2, 0) is 9.53 Å². The molecule has 0 unspecified atom stereocenters. The van der Waals surface area contributed by atoms with Crippen molar-refractivity contribution in [2.75, 3.05) is 6.61 Å². The molecule has 0 aromatic heterocycles. The Balaban J connectivity index is 3.22. The molecule has 128 valence electrons. The van der Waals surface area contributed by atoms with Crippen LogP contribution in [0.4, 0.5) is 0 Å². The largest absolute Gasteiger partial charge is 0.466 e. The number of rotatable bonds is 15. The van der Waals surface area contributed by atoms with Gasteiger partial charge in [0.2, 0.25) is 0 Å². The zero-order valence-corrected chi connectivity index (χ0v) is 14.8. The van der Waals surface area contributed by atoms with Gasteiger partial charge in [-0.05, 0) is 45.4 Å². The summed E-state index contributed by atoms with van der Waals surface area (Å²) in [6.45, 7) is 4.60. The van der Waals surface area contributed by atoms with E-state index in [2.05, 4.69) is 31.2 Å². The second-order valence-electron chi connectivity index (χ2n) is 5.79. The lowest BCUT2D eigenvalue weighted by Crippen LogP contribution is -2.03. The van der Waals surface area contributed by atoms with Gasteiger partial charge in [-0.25, -0.2) is 0 Å². The predicted molar refractivity (Wildman–Crippen MR) is 96.0 cm³/mol. The summed E-state index contributed by atoms with van der Waals surface area (Å²) in [5.74, 6) is -0.0480. The van der Waals surface area contributed by atoms with Crippen molar-refractivity contribution in [3.8, 4) is 0 Å². The quantitative estimate of drug-likeness (QED) is 0.200. The van der Waals surface area contributed by atoms with Gasteiger partial charge in [0.1, 0.15) is 0 Å². The molecule has 0 aromatic rings. The van der Waals surface area contributed by atoms with Crippen LogP contribution in [0.15, 0.2) is 24.3 Å². The minimum atomic E-state index is -0.0480. The summed E-state index contributed by atoms with van der Waals surface area (Å²) in [6.07, 6.45) is 23.1. The number of esters is 1. The number of ether oxygens (including phenoxy) is 1. The summed E-state index contributed by atoms with van der Waals surface area (Å²) in [5.41, 5.74) is 0. The van der Waals surface area contributed by atoms with Crippen molar-refractivity contribution < 1.29 is 9.53 Å². The van der Waals surface area contributed by atoms with Crippen molar-refractivity contribution in [1.82, 2.24) is 0 Å². The average molecular weight is 309 g/mol. The number of unbranched alkanes of at least 4 members (excludes halogenated alkanes) is 8. The molecule has 0 aliphatic carbocycles. The zero-order chi connectivity index (χ0) is 16.3. The number of hydrogen-bond donors (Lipinski definition) is 0. The number of carbonyl (C=O) groups excluding carboxylic acids is 1. The van der Waals surface area contributed by atoms with Gasteiger partial charge in [0, 0.05) is 6.42 Å². The molecule has 0 amide bonds. The molecule has 2 heteroatoms. The SMILES string of the molecule is CCCCCC=CC/C=C/CCCCCCCC(=O)OCC. The fourth-order valence-corrected chi connectivity index (χ4v) is 2.31. The number of hydrogen-bond acceptors (Lipinski definition) is 2. The van der Waals surface area contributed by atoms with E-state index >= 15 is 0 Å². The molecule has 0 heterocycles. The molecule has 0 saturated heterocycles. The standard InChI is InChI=1S/C20H36O2/c1-3-5-6-7-8-9-10-11-12-13-14-15-16-17-18-19-20(21)22-4-2/h8-9,11-12H,3-7,10,13-19H2,1-2H3/b9-8?,12-11+. The van der Waals surface area contributed by atoms with Crippen molar-refractivity contribution in [2.24, 2.45) is 0 Å². The van der Waals surface area contributed by atoms with E-state index in [1.165, 1.54) is 51.4 Å². The van der Waals surface area contributed by atoms with E-state index in [9.17, 15) is 4.79 Å². The van der Waals surface area contributed by atoms with Gasteiger partial charge in [-0.1, -0.05) is 63.3 Å². The summed E-state index contributed by atoms with van der Waals surface area (Å²) in [7, 11) is 0. The normalized spacial score (nSPS) is 11.5. The maximum absolute atomic E-state index is 11.1. The van der Waals surface area contributed by atoms with Crippen molar-refractivity contribution in [3.63, 3.8) is 0 Å². The van der Waals surface area contributed by atoms with Gasteiger partial charge in [0.25, 0.3) is 0 Å². The Labute approximate surface area is 138 Å². The Bertz CT molecular complexity index is 292. The van der Waals surface area contributed by atoms with E-state index in [1.807, 2.05) is 6.92 Å². The lowest BCUT2D eigenvalue weighted by atomic mass is 10.1. The van der Waals surface area contributed by atoms with Crippen LogP contribution in [0.2, 0.25) is 0 Å². The van der Waals surface area contributed by atoms with E-state index in [1.54, 1.807) is 0 Å². The van der Waals surface area contributed by atoms with Crippen LogP contribution < -0.4 is 0 Å². The van der Waals surface area contributed by atoms with Crippen LogP contribution in [0.3, 0.4) is 0 Å². The molecule has 2 nitrogen and oxygen atoms in total. The molecule has 0 saturated carbocycles. The zero-order valence-electron chi connectivity index (χ0n) is 14.8. The molecule has 0 atom stereocenters. The van der Waals surface area contributed by atoms with Gasteiger partial charge < -0.3 is 4.74 Å². The van der Waals surface area contributed by atoms with Gasteiger partial charge >= 0.3 is 5.97 Å². The fraction of sp³-hybridized carbons (Fsp3) is 0.750. The number of carbonyl (C=O) groups is 1. The van der Waals surface area contributed by atoms with Crippen LogP contribution in [0, 0.1) is 0 Å². The molecule has 0 rings (SSSR count). The molecule has 0 fully saturated rings. The highest BCUT2D eigenvalue weighted by molar-refractivity contribution is 5.69. The third-order valence-corrected chi connectivity index (χ3v) is 3.64. The predicted octanol–water partition coefficient (Wildman–Crippen LogP) is 6.36. The first-order valence-corrected chi connectivity index (χ1v) is 9.26. The maximum atomic E-state index is 11.1. The Kier molecular flexibility index (Phi) is 17.1. The molecule has 0 aliphatic rings. The Hall–Kier alpha value is -1.05. The highest BCUT2D eigenvalue weighted by Crippen LogP contribution is 2.08. The average Bonchev–Trinajstić information content (AvgIpc) is 2.51. The first-order chi connectivity index (χ1) is 10.8. The molecular weight excluding hydrogens is 272 g/mol. The van der Waals surface area contributed by atoms with Gasteiger partial charge in [0.05, 0.1) is 6.61 Å². The van der Waals surface area contributed by atoms with E-state index in [0.29, 0.717) is 13.0 Å². The fourth-order valence-electron chi connectivity index (χ4n) is 2.31. The second-order valence-corrected chi connectivity index (χ2v) is 5.79. The van der Waals surface area contributed by atoms with Gasteiger partial charge in [-0.2, -0.15) is 0 Å². The summed E-state index contributed by atoms with van der Waals surface area (Å²) in [6, 6.07) is 0. The third-order valence-electron chi connectivity index (χ3n) is 3.64. The lowest BCUT2D eigenvalue weighted by Gasteiger charge is -2.01. The maximum Gasteiger partial charge on any atom is 0.305 e. The molecular formula is C20H36O2. The molecule has 0 radical (unpaired) electrons. The van der Waals surface area contributed by atoms with E-state index in [4.69, 9.17) is 4.74 Å². The highest BCUT2D eigenvalue weighted by atomic mass is 16.5. The summed E-state index contributed by atoms with van der Waals surface area (Å²) < 4.78 is 4.91. The number of allylic oxidation sites excluding steroid dienone is 4. The van der Waals surface area contributed by atoms with E-state index in [0.717, 1.165) is 19.3 Å². The summed E-state index contributed by atoms with van der Waals surface area (Å²) >= 11 is 0. The lowest BCUT2D eigenvalue weighted by molar-refractivity contribution is -0.143. The van der Waals surface area contributed by atoms with Crippen LogP contribution in [0.1, 0.15) is 90.9 Å². The van der Waals surface area contributed by atoms with Gasteiger partial charge in [-0.3, -0.25) is 4.79 Å². The van der Waals surface area contributed by atoms with Crippen molar-refractivity contribution in [3.05, 3.63) is 24.3 Å². The highest BCUT2D eigenvalue weighted by Gasteiger charge is 2.00. The Morgan fingerprint density at radius 3 is 2.00 bits per heavy atom. The van der Waals surface area contributed by atoms with Crippen LogP contribution in [0.25, 0.3) is 0 Å². The first kappa shape index (κ1) is 20.9. The molecule has 0 spiro atoms. The smallest absolute Gasteiger partial charge is 0.305 e. The third kappa shape index (κ3) is 17.0. The van der Waals surface area contributed by atoms with Crippen molar-refractivity contribution >= 4 is 5.97 Å². The first-order valence-electron chi connectivity index (χ1n) is 9.26. The molecule has 0 aromatic carbocycles. The van der Waals surface area contributed by atoms with Crippen molar-refractivity contribution in [1.29, 1.82) is 0 Å². The summed E-state index contributed by atoms with van der Waals surface area (Å²) in [4.78, 5) is 11.1. The Morgan fingerprint density at radius 2 is 1.36 bits per heavy atom. The minimum Gasteiger partial charge on any atom is -0.466 e. The van der Waals surface area contributed by atoms with Crippen LogP contribution >= 0.6 is 0 Å². The van der Waals surface area contributed by atoms with Crippen LogP contribution in [0.5, 0.6) is 0 Å². The minimum absolute atomic E-state index is 0.0480. The molecule has 0 N–H and O–H groups in total. The topological polar surface area (TPSA) is 26.3 Å². The van der Waals surface area contributed by atoms with Gasteiger partial charge in [-0.15, -0.1) is 0 Å². The molecule has 0 aliphatic heterocycles.